The van der Waals surface area contributed by atoms with E-state index in [0.29, 0.717) is 6.42 Å². The molecule has 0 aliphatic carbocycles. The predicted octanol–water partition coefficient (Wildman–Crippen LogP) is 5.59. The molecular weight excluding hydrogens is 260 g/mol. The van der Waals surface area contributed by atoms with Crippen LogP contribution >= 0.6 is 0 Å². The Kier molecular flexibility index (Phi) is 14.9. The lowest BCUT2D eigenvalue weighted by Gasteiger charge is -2.03. The first-order valence-electron chi connectivity index (χ1n) is 9.02. The van der Waals surface area contributed by atoms with Crippen LogP contribution in [0.25, 0.3) is 0 Å². The average Bonchev–Trinajstić information content (AvgIpc) is 2.49. The summed E-state index contributed by atoms with van der Waals surface area (Å²) in [6, 6.07) is 0. The highest BCUT2D eigenvalue weighted by Crippen LogP contribution is 2.10. The van der Waals surface area contributed by atoms with Gasteiger partial charge in [0.25, 0.3) is 0 Å². The Bertz CT molecular complexity index is 274. The Hall–Kier alpha value is -0.860. The SMILES string of the molecule is CCCCCCCCCCCC(=O)NN=C(C)CCCC. The lowest BCUT2D eigenvalue weighted by atomic mass is 10.1. The zero-order chi connectivity index (χ0) is 15.8. The van der Waals surface area contributed by atoms with Crippen LogP contribution in [-0.2, 0) is 4.79 Å². The van der Waals surface area contributed by atoms with Crippen molar-refractivity contribution < 1.29 is 4.79 Å². The molecule has 0 aromatic carbocycles. The summed E-state index contributed by atoms with van der Waals surface area (Å²) in [6.07, 6.45) is 15.4. The van der Waals surface area contributed by atoms with Crippen LogP contribution in [0.2, 0.25) is 0 Å². The maximum atomic E-state index is 11.6. The number of amides is 1. The van der Waals surface area contributed by atoms with Crippen molar-refractivity contribution in [3.05, 3.63) is 0 Å². The number of unbranched alkanes of at least 4 members (excludes halogenated alkanes) is 9. The molecule has 0 fully saturated rings. The number of hydrogen-bond donors (Lipinski definition) is 1. The molecule has 0 aromatic rings. The summed E-state index contributed by atoms with van der Waals surface area (Å²) < 4.78 is 0. The Morgan fingerprint density at radius 2 is 1.29 bits per heavy atom. The molecule has 0 radical (unpaired) electrons. The van der Waals surface area contributed by atoms with Crippen molar-refractivity contribution >= 4 is 11.6 Å². The molecule has 0 heterocycles. The quantitative estimate of drug-likeness (QED) is 0.253. The minimum atomic E-state index is 0.0637. The number of carbonyl (C=O) groups is 1. The van der Waals surface area contributed by atoms with Crippen LogP contribution in [0.1, 0.15) is 104 Å². The third kappa shape index (κ3) is 15.3. The van der Waals surface area contributed by atoms with E-state index in [1.165, 1.54) is 57.8 Å². The molecule has 0 saturated carbocycles. The number of rotatable bonds is 14. The fourth-order valence-electron chi connectivity index (χ4n) is 2.30. The van der Waals surface area contributed by atoms with E-state index in [0.717, 1.165) is 25.0 Å². The molecule has 0 bridgehead atoms. The predicted molar refractivity (Wildman–Crippen MR) is 92.6 cm³/mol. The zero-order valence-corrected chi connectivity index (χ0v) is 14.5. The van der Waals surface area contributed by atoms with Gasteiger partial charge in [-0.2, -0.15) is 5.10 Å². The number of nitrogens with one attached hydrogen (secondary N) is 1. The van der Waals surface area contributed by atoms with E-state index in [4.69, 9.17) is 0 Å². The molecule has 124 valence electrons. The molecule has 0 atom stereocenters. The van der Waals surface area contributed by atoms with Crippen molar-refractivity contribution in [3.8, 4) is 0 Å². The zero-order valence-electron chi connectivity index (χ0n) is 14.5. The highest BCUT2D eigenvalue weighted by Gasteiger charge is 2.00. The van der Waals surface area contributed by atoms with Crippen LogP contribution in [0, 0.1) is 0 Å². The summed E-state index contributed by atoms with van der Waals surface area (Å²) in [7, 11) is 0. The van der Waals surface area contributed by atoms with Crippen molar-refractivity contribution in [2.75, 3.05) is 0 Å². The first-order valence-corrected chi connectivity index (χ1v) is 9.02. The molecule has 0 aliphatic heterocycles. The van der Waals surface area contributed by atoms with E-state index in [9.17, 15) is 4.79 Å². The number of hydrogen-bond acceptors (Lipinski definition) is 2. The van der Waals surface area contributed by atoms with E-state index < -0.39 is 0 Å². The number of carbonyl (C=O) groups excluding carboxylic acids is 1. The topological polar surface area (TPSA) is 41.5 Å². The molecule has 0 rings (SSSR count). The van der Waals surface area contributed by atoms with Crippen molar-refractivity contribution in [2.45, 2.75) is 104 Å². The van der Waals surface area contributed by atoms with Crippen molar-refractivity contribution in [2.24, 2.45) is 5.10 Å². The molecule has 0 saturated heterocycles. The molecule has 1 N–H and O–H groups in total. The molecule has 1 amide bonds. The van der Waals surface area contributed by atoms with Gasteiger partial charge in [0, 0.05) is 12.1 Å². The maximum absolute atomic E-state index is 11.6. The van der Waals surface area contributed by atoms with Crippen LogP contribution in [0.15, 0.2) is 5.10 Å². The Labute approximate surface area is 132 Å². The smallest absolute Gasteiger partial charge is 0.240 e. The van der Waals surface area contributed by atoms with Gasteiger partial charge in [-0.05, 0) is 26.2 Å². The monoisotopic (exact) mass is 296 g/mol. The van der Waals surface area contributed by atoms with Crippen molar-refractivity contribution in [1.82, 2.24) is 5.43 Å². The molecule has 0 aliphatic rings. The molecule has 0 aromatic heterocycles. The summed E-state index contributed by atoms with van der Waals surface area (Å²) in [4.78, 5) is 11.6. The molecule has 3 heteroatoms. The van der Waals surface area contributed by atoms with Gasteiger partial charge in [0.2, 0.25) is 5.91 Å². The van der Waals surface area contributed by atoms with Gasteiger partial charge in [-0.3, -0.25) is 4.79 Å². The normalized spacial score (nSPS) is 11.7. The van der Waals surface area contributed by atoms with Crippen LogP contribution in [0.5, 0.6) is 0 Å². The number of nitrogens with zero attached hydrogens (tertiary/aromatic N) is 1. The second-order valence-corrected chi connectivity index (χ2v) is 6.06. The summed E-state index contributed by atoms with van der Waals surface area (Å²) >= 11 is 0. The average molecular weight is 296 g/mol. The molecule has 0 unspecified atom stereocenters. The van der Waals surface area contributed by atoms with E-state index in [1.54, 1.807) is 0 Å². The largest absolute Gasteiger partial charge is 0.273 e. The van der Waals surface area contributed by atoms with Gasteiger partial charge < -0.3 is 0 Å². The van der Waals surface area contributed by atoms with Gasteiger partial charge in [0.1, 0.15) is 0 Å². The third-order valence-corrected chi connectivity index (χ3v) is 3.77. The van der Waals surface area contributed by atoms with Gasteiger partial charge >= 0.3 is 0 Å². The second kappa shape index (κ2) is 15.5. The summed E-state index contributed by atoms with van der Waals surface area (Å²) in [5.74, 6) is 0.0637. The first-order chi connectivity index (χ1) is 10.2. The Balaban J connectivity index is 3.37. The maximum Gasteiger partial charge on any atom is 0.240 e. The fraction of sp³-hybridized carbons (Fsp3) is 0.889. The van der Waals surface area contributed by atoms with Crippen molar-refractivity contribution in [3.63, 3.8) is 0 Å². The van der Waals surface area contributed by atoms with E-state index in [-0.39, 0.29) is 5.91 Å². The minimum Gasteiger partial charge on any atom is -0.273 e. The van der Waals surface area contributed by atoms with Crippen LogP contribution in [0.3, 0.4) is 0 Å². The van der Waals surface area contributed by atoms with Crippen molar-refractivity contribution in [1.29, 1.82) is 0 Å². The highest BCUT2D eigenvalue weighted by atomic mass is 16.2. The van der Waals surface area contributed by atoms with Gasteiger partial charge in [0.05, 0.1) is 0 Å². The first kappa shape index (κ1) is 20.1. The van der Waals surface area contributed by atoms with Crippen LogP contribution in [-0.4, -0.2) is 11.6 Å². The third-order valence-electron chi connectivity index (χ3n) is 3.77. The van der Waals surface area contributed by atoms with Gasteiger partial charge in [-0.1, -0.05) is 71.6 Å². The van der Waals surface area contributed by atoms with E-state index >= 15 is 0 Å². The summed E-state index contributed by atoms with van der Waals surface area (Å²) in [5, 5.41) is 4.14. The minimum absolute atomic E-state index is 0.0637. The molecule has 21 heavy (non-hydrogen) atoms. The highest BCUT2D eigenvalue weighted by molar-refractivity contribution is 5.84. The standard InChI is InChI=1S/C18H36N2O/c1-4-6-8-9-10-11-12-13-14-16-18(21)20-19-17(3)15-7-5-2/h4-16H2,1-3H3,(H,20,21). The van der Waals surface area contributed by atoms with Gasteiger partial charge in [0.15, 0.2) is 0 Å². The lowest BCUT2D eigenvalue weighted by Crippen LogP contribution is -2.18. The van der Waals surface area contributed by atoms with Gasteiger partial charge in [-0.15, -0.1) is 0 Å². The molecular formula is C18H36N2O. The lowest BCUT2D eigenvalue weighted by molar-refractivity contribution is -0.121. The number of hydrazone groups is 1. The Morgan fingerprint density at radius 3 is 1.86 bits per heavy atom. The van der Waals surface area contributed by atoms with Crippen LogP contribution in [0.4, 0.5) is 0 Å². The van der Waals surface area contributed by atoms with Crippen LogP contribution < -0.4 is 5.43 Å². The molecule has 0 spiro atoms. The van der Waals surface area contributed by atoms with E-state index in [1.807, 2.05) is 6.92 Å². The van der Waals surface area contributed by atoms with Gasteiger partial charge in [-0.25, -0.2) is 5.43 Å². The molecule has 3 nitrogen and oxygen atoms in total. The second-order valence-electron chi connectivity index (χ2n) is 6.06. The fourth-order valence-corrected chi connectivity index (χ4v) is 2.30. The summed E-state index contributed by atoms with van der Waals surface area (Å²) in [5.41, 5.74) is 3.69. The summed E-state index contributed by atoms with van der Waals surface area (Å²) in [6.45, 7) is 6.39. The van der Waals surface area contributed by atoms with E-state index in [2.05, 4.69) is 24.4 Å². The Morgan fingerprint density at radius 1 is 0.762 bits per heavy atom.